The number of aryl methyl sites for hydroxylation is 2. The molecule has 0 aliphatic carbocycles. The zero-order chi connectivity index (χ0) is 10.8. The number of benzene rings is 1. The number of hydrogen-bond donors (Lipinski definition) is 0. The highest BCUT2D eigenvalue weighted by Gasteiger charge is 2.06. The van der Waals surface area contributed by atoms with Crippen molar-refractivity contribution in [1.82, 2.24) is 14.8 Å². The molecular weight excluding hydrogens is 254 g/mol. The van der Waals surface area contributed by atoms with Crippen LogP contribution >= 0.6 is 15.9 Å². The summed E-state index contributed by atoms with van der Waals surface area (Å²) in [7, 11) is 1.89. The van der Waals surface area contributed by atoms with E-state index in [1.54, 1.807) is 4.68 Å². The van der Waals surface area contributed by atoms with Crippen molar-refractivity contribution in [3.8, 4) is 11.4 Å². The summed E-state index contributed by atoms with van der Waals surface area (Å²) in [6.07, 6.45) is 1.06. The number of rotatable bonds is 2. The predicted octanol–water partition coefficient (Wildman–Crippen LogP) is 2.81. The molecule has 0 bridgehead atoms. The summed E-state index contributed by atoms with van der Waals surface area (Å²) in [4.78, 5) is 4.30. The van der Waals surface area contributed by atoms with Gasteiger partial charge in [-0.3, -0.25) is 0 Å². The van der Waals surface area contributed by atoms with E-state index in [9.17, 15) is 0 Å². The van der Waals surface area contributed by atoms with Gasteiger partial charge in [0.05, 0.1) is 0 Å². The summed E-state index contributed by atoms with van der Waals surface area (Å²) in [5.41, 5.74) is 2.42. The van der Waals surface area contributed by atoms with Crippen LogP contribution in [0, 0.1) is 0 Å². The molecule has 2 aromatic rings. The van der Waals surface area contributed by atoms with Crippen LogP contribution in [0.2, 0.25) is 0 Å². The number of aromatic nitrogens is 3. The molecule has 0 atom stereocenters. The highest BCUT2D eigenvalue weighted by atomic mass is 79.9. The van der Waals surface area contributed by atoms with Gasteiger partial charge in [-0.1, -0.05) is 31.2 Å². The van der Waals surface area contributed by atoms with Gasteiger partial charge in [-0.15, -0.1) is 5.10 Å². The number of nitrogens with zero attached hydrogens (tertiary/aromatic N) is 3. The maximum absolute atomic E-state index is 4.30. The van der Waals surface area contributed by atoms with Crippen LogP contribution in [0.5, 0.6) is 0 Å². The number of halogens is 1. The fraction of sp³-hybridized carbons (Fsp3) is 0.273. The Morgan fingerprint density at radius 2 is 1.93 bits per heavy atom. The topological polar surface area (TPSA) is 30.7 Å². The second-order valence-electron chi connectivity index (χ2n) is 3.38. The molecule has 0 aliphatic heterocycles. The van der Waals surface area contributed by atoms with E-state index >= 15 is 0 Å². The van der Waals surface area contributed by atoms with Crippen molar-refractivity contribution in [2.45, 2.75) is 13.3 Å². The molecule has 0 unspecified atom stereocenters. The molecule has 0 N–H and O–H groups in total. The van der Waals surface area contributed by atoms with Crippen molar-refractivity contribution >= 4 is 15.9 Å². The van der Waals surface area contributed by atoms with Crippen LogP contribution < -0.4 is 0 Å². The van der Waals surface area contributed by atoms with Crippen molar-refractivity contribution in [1.29, 1.82) is 0 Å². The molecular formula is C11H12BrN3. The van der Waals surface area contributed by atoms with E-state index in [-0.39, 0.29) is 0 Å². The maximum atomic E-state index is 4.30. The third kappa shape index (κ3) is 2.09. The van der Waals surface area contributed by atoms with Crippen LogP contribution in [0.3, 0.4) is 0 Å². The zero-order valence-corrected chi connectivity index (χ0v) is 10.3. The summed E-state index contributed by atoms with van der Waals surface area (Å²) in [6, 6.07) is 8.40. The molecule has 0 radical (unpaired) electrons. The van der Waals surface area contributed by atoms with Gasteiger partial charge in [-0.25, -0.2) is 9.67 Å². The van der Waals surface area contributed by atoms with Crippen LogP contribution in [-0.4, -0.2) is 14.8 Å². The first-order valence-corrected chi connectivity index (χ1v) is 5.66. The van der Waals surface area contributed by atoms with Crippen molar-refractivity contribution in [3.05, 3.63) is 34.6 Å². The summed E-state index contributed by atoms with van der Waals surface area (Å²) < 4.78 is 2.39. The predicted molar refractivity (Wildman–Crippen MR) is 63.5 cm³/mol. The third-order valence-corrected chi connectivity index (χ3v) is 2.69. The summed E-state index contributed by atoms with van der Waals surface area (Å²) in [5, 5.41) is 4.15. The molecule has 2 rings (SSSR count). The van der Waals surface area contributed by atoms with Gasteiger partial charge in [0.25, 0.3) is 0 Å². The van der Waals surface area contributed by atoms with Crippen LogP contribution in [0.4, 0.5) is 0 Å². The van der Waals surface area contributed by atoms with E-state index in [1.165, 1.54) is 5.56 Å². The Balaban J connectivity index is 2.41. The molecule has 1 aromatic heterocycles. The minimum Gasteiger partial charge on any atom is -0.248 e. The molecule has 0 aliphatic rings. The average Bonchev–Trinajstić information content (AvgIpc) is 2.58. The van der Waals surface area contributed by atoms with Gasteiger partial charge >= 0.3 is 0 Å². The van der Waals surface area contributed by atoms with Crippen molar-refractivity contribution in [2.75, 3.05) is 0 Å². The molecule has 78 valence electrons. The molecule has 4 heteroatoms. The Morgan fingerprint density at radius 1 is 1.27 bits per heavy atom. The highest BCUT2D eigenvalue weighted by Crippen LogP contribution is 2.19. The lowest BCUT2D eigenvalue weighted by atomic mass is 10.1. The smallest absolute Gasteiger partial charge is 0.217 e. The van der Waals surface area contributed by atoms with E-state index in [4.69, 9.17) is 0 Å². The first-order valence-electron chi connectivity index (χ1n) is 4.86. The molecule has 0 saturated heterocycles. The van der Waals surface area contributed by atoms with Gasteiger partial charge in [0.15, 0.2) is 5.82 Å². The van der Waals surface area contributed by atoms with Crippen molar-refractivity contribution < 1.29 is 0 Å². The Hall–Kier alpha value is -1.16. The van der Waals surface area contributed by atoms with Crippen LogP contribution in [0.15, 0.2) is 29.0 Å². The maximum Gasteiger partial charge on any atom is 0.217 e. The van der Waals surface area contributed by atoms with E-state index in [2.05, 4.69) is 57.2 Å². The van der Waals surface area contributed by atoms with Crippen LogP contribution in [0.1, 0.15) is 12.5 Å². The first kappa shape index (κ1) is 10.4. The molecule has 0 saturated carbocycles. The number of hydrogen-bond acceptors (Lipinski definition) is 2. The van der Waals surface area contributed by atoms with Gasteiger partial charge in [0, 0.05) is 12.6 Å². The van der Waals surface area contributed by atoms with Gasteiger partial charge in [0.1, 0.15) is 0 Å². The largest absolute Gasteiger partial charge is 0.248 e. The molecule has 0 amide bonds. The lowest BCUT2D eigenvalue weighted by Crippen LogP contribution is -1.94. The molecule has 1 heterocycles. The fourth-order valence-corrected chi connectivity index (χ4v) is 1.90. The standard InChI is InChI=1S/C11H12BrN3/c1-3-8-4-6-9(7-5-8)10-13-11(12)14-15(10)2/h4-7H,3H2,1-2H3. The van der Waals surface area contributed by atoms with Crippen LogP contribution in [-0.2, 0) is 13.5 Å². The molecule has 0 fully saturated rings. The Bertz CT molecular complexity index is 459. The van der Waals surface area contributed by atoms with Crippen LogP contribution in [0.25, 0.3) is 11.4 Å². The Kier molecular flexibility index (Phi) is 2.86. The second kappa shape index (κ2) is 4.14. The zero-order valence-electron chi connectivity index (χ0n) is 8.74. The van der Waals surface area contributed by atoms with Gasteiger partial charge in [0.2, 0.25) is 4.73 Å². The Morgan fingerprint density at radius 3 is 2.40 bits per heavy atom. The van der Waals surface area contributed by atoms with E-state index in [1.807, 2.05) is 7.05 Å². The van der Waals surface area contributed by atoms with Crippen molar-refractivity contribution in [3.63, 3.8) is 0 Å². The summed E-state index contributed by atoms with van der Waals surface area (Å²) in [5.74, 6) is 0.879. The monoisotopic (exact) mass is 265 g/mol. The summed E-state index contributed by atoms with van der Waals surface area (Å²) >= 11 is 3.27. The van der Waals surface area contributed by atoms with Gasteiger partial charge < -0.3 is 0 Å². The van der Waals surface area contributed by atoms with E-state index < -0.39 is 0 Å². The molecule has 3 nitrogen and oxygen atoms in total. The normalized spacial score (nSPS) is 10.6. The second-order valence-corrected chi connectivity index (χ2v) is 4.09. The lowest BCUT2D eigenvalue weighted by molar-refractivity contribution is 0.768. The van der Waals surface area contributed by atoms with E-state index in [0.717, 1.165) is 17.8 Å². The summed E-state index contributed by atoms with van der Waals surface area (Å²) in [6.45, 7) is 2.15. The fourth-order valence-electron chi connectivity index (χ4n) is 1.49. The van der Waals surface area contributed by atoms with Crippen molar-refractivity contribution in [2.24, 2.45) is 7.05 Å². The molecule has 0 spiro atoms. The Labute approximate surface area is 97.3 Å². The minimum atomic E-state index is 0.625. The first-order chi connectivity index (χ1) is 7.20. The third-order valence-electron chi connectivity index (χ3n) is 2.36. The van der Waals surface area contributed by atoms with Gasteiger partial charge in [-0.05, 0) is 27.9 Å². The van der Waals surface area contributed by atoms with E-state index in [0.29, 0.717) is 4.73 Å². The lowest BCUT2D eigenvalue weighted by Gasteiger charge is -2.01. The minimum absolute atomic E-state index is 0.625. The average molecular weight is 266 g/mol. The van der Waals surface area contributed by atoms with Gasteiger partial charge in [-0.2, -0.15) is 0 Å². The SMILES string of the molecule is CCc1ccc(-c2nc(Br)nn2C)cc1. The molecule has 1 aromatic carbocycles. The quantitative estimate of drug-likeness (QED) is 0.836. The molecule has 15 heavy (non-hydrogen) atoms. The highest BCUT2D eigenvalue weighted by molar-refractivity contribution is 9.10.